The second kappa shape index (κ2) is 7.41. The van der Waals surface area contributed by atoms with Gasteiger partial charge in [0.25, 0.3) is 5.56 Å². The van der Waals surface area contributed by atoms with Crippen LogP contribution in [0.2, 0.25) is 0 Å². The number of nitrogens with zero attached hydrogens (tertiary/aromatic N) is 2. The normalized spacial score (nSPS) is 12.2. The molecule has 140 valence electrons. The quantitative estimate of drug-likeness (QED) is 0.579. The van der Waals surface area contributed by atoms with Gasteiger partial charge in [0.05, 0.1) is 23.7 Å². The van der Waals surface area contributed by atoms with Crippen LogP contribution >= 0.6 is 0 Å². The van der Waals surface area contributed by atoms with Crippen molar-refractivity contribution in [1.29, 1.82) is 0 Å². The Morgan fingerprint density at radius 3 is 2.36 bits per heavy atom. The molecule has 0 saturated carbocycles. The zero-order valence-corrected chi connectivity index (χ0v) is 16.0. The molecule has 4 rings (SSSR count). The molecule has 0 fully saturated rings. The molecule has 0 aliphatic carbocycles. The first kappa shape index (κ1) is 18.1. The maximum atomic E-state index is 13.0. The fourth-order valence-corrected chi connectivity index (χ4v) is 3.49. The molecule has 1 N–H and O–H groups in total. The van der Waals surface area contributed by atoms with E-state index in [4.69, 9.17) is 0 Å². The molecule has 4 heteroatoms. The highest BCUT2D eigenvalue weighted by atomic mass is 16.3. The van der Waals surface area contributed by atoms with E-state index >= 15 is 0 Å². The second-order valence-corrected chi connectivity index (χ2v) is 7.13. The van der Waals surface area contributed by atoms with Crippen molar-refractivity contribution in [3.05, 3.63) is 99.8 Å². The minimum Gasteiger partial charge on any atom is -0.386 e. The molecule has 3 aromatic carbocycles. The molecule has 0 spiro atoms. The largest absolute Gasteiger partial charge is 0.386 e. The van der Waals surface area contributed by atoms with Gasteiger partial charge in [0, 0.05) is 10.9 Å². The lowest BCUT2D eigenvalue weighted by molar-refractivity contribution is 0.150. The van der Waals surface area contributed by atoms with Gasteiger partial charge in [-0.25, -0.2) is 4.68 Å². The average Bonchev–Trinajstić information content (AvgIpc) is 2.72. The average molecular weight is 370 g/mol. The van der Waals surface area contributed by atoms with Crippen LogP contribution in [0.4, 0.5) is 0 Å². The Labute approximate surface area is 163 Å². The van der Waals surface area contributed by atoms with Crippen molar-refractivity contribution in [3.8, 4) is 11.3 Å². The van der Waals surface area contributed by atoms with Gasteiger partial charge in [0.1, 0.15) is 0 Å². The molecule has 1 aromatic heterocycles. The zero-order chi connectivity index (χ0) is 19.7. The van der Waals surface area contributed by atoms with Crippen LogP contribution in [0.15, 0.2) is 77.6 Å². The van der Waals surface area contributed by atoms with Gasteiger partial charge in [-0.15, -0.1) is 0 Å². The number of aliphatic hydroxyl groups excluding tert-OH is 1. The van der Waals surface area contributed by atoms with Crippen molar-refractivity contribution < 1.29 is 5.11 Å². The topological polar surface area (TPSA) is 55.1 Å². The number of hydrogen-bond donors (Lipinski definition) is 1. The minimum absolute atomic E-state index is 0.103. The highest BCUT2D eigenvalue weighted by Crippen LogP contribution is 2.28. The van der Waals surface area contributed by atoms with E-state index in [0.29, 0.717) is 5.39 Å². The molecule has 4 aromatic rings. The summed E-state index contributed by atoms with van der Waals surface area (Å²) < 4.78 is 1.39. The number of aromatic nitrogens is 2. The van der Waals surface area contributed by atoms with E-state index in [1.54, 1.807) is 0 Å². The first-order valence-corrected chi connectivity index (χ1v) is 9.35. The molecule has 0 aliphatic heterocycles. The smallest absolute Gasteiger partial charge is 0.274 e. The molecule has 1 heterocycles. The highest BCUT2D eigenvalue weighted by molar-refractivity contribution is 5.94. The van der Waals surface area contributed by atoms with Gasteiger partial charge in [0.2, 0.25) is 0 Å². The van der Waals surface area contributed by atoms with Crippen molar-refractivity contribution in [2.75, 3.05) is 0 Å². The Kier molecular flexibility index (Phi) is 4.80. The van der Waals surface area contributed by atoms with E-state index in [9.17, 15) is 9.90 Å². The first-order valence-electron chi connectivity index (χ1n) is 9.35. The van der Waals surface area contributed by atoms with Crippen molar-refractivity contribution in [2.24, 2.45) is 0 Å². The summed E-state index contributed by atoms with van der Waals surface area (Å²) in [4.78, 5) is 13.0. The fraction of sp³-hybridized carbons (Fsp3) is 0.167. The van der Waals surface area contributed by atoms with E-state index in [1.807, 2.05) is 68.4 Å². The van der Waals surface area contributed by atoms with E-state index in [1.165, 1.54) is 4.68 Å². The van der Waals surface area contributed by atoms with Crippen molar-refractivity contribution in [3.63, 3.8) is 0 Å². The number of aryl methyl sites for hydroxylation is 2. The molecule has 0 bridgehead atoms. The van der Waals surface area contributed by atoms with E-state index < -0.39 is 6.10 Å². The maximum absolute atomic E-state index is 13.0. The lowest BCUT2D eigenvalue weighted by atomic mass is 9.99. The molecule has 0 saturated heterocycles. The van der Waals surface area contributed by atoms with Crippen LogP contribution in [-0.4, -0.2) is 14.9 Å². The SMILES string of the molecule is Cc1ccc(C)c(-c2nn(CC(O)c3ccccc3)c(=O)c3ccccc23)c1. The fourth-order valence-electron chi connectivity index (χ4n) is 3.49. The second-order valence-electron chi connectivity index (χ2n) is 7.13. The van der Waals surface area contributed by atoms with Crippen LogP contribution in [0.3, 0.4) is 0 Å². The summed E-state index contributed by atoms with van der Waals surface area (Å²) in [6.07, 6.45) is -0.806. The van der Waals surface area contributed by atoms with Gasteiger partial charge < -0.3 is 5.11 Å². The highest BCUT2D eigenvalue weighted by Gasteiger charge is 2.16. The lowest BCUT2D eigenvalue weighted by Crippen LogP contribution is -2.26. The number of rotatable bonds is 4. The van der Waals surface area contributed by atoms with E-state index in [-0.39, 0.29) is 12.1 Å². The Morgan fingerprint density at radius 1 is 0.929 bits per heavy atom. The summed E-state index contributed by atoms with van der Waals surface area (Å²) in [5.41, 5.74) is 4.55. The van der Waals surface area contributed by atoms with Gasteiger partial charge in [-0.3, -0.25) is 4.79 Å². The number of aliphatic hydroxyl groups is 1. The Hall–Kier alpha value is -3.24. The summed E-state index contributed by atoms with van der Waals surface area (Å²) in [5.74, 6) is 0. The van der Waals surface area contributed by atoms with E-state index in [0.717, 1.165) is 33.3 Å². The Bertz CT molecular complexity index is 1200. The minimum atomic E-state index is -0.806. The molecule has 1 atom stereocenters. The van der Waals surface area contributed by atoms with Gasteiger partial charge >= 0.3 is 0 Å². The summed E-state index contributed by atoms with van der Waals surface area (Å²) in [7, 11) is 0. The molecular weight excluding hydrogens is 348 g/mol. The van der Waals surface area contributed by atoms with Crippen LogP contribution in [0.25, 0.3) is 22.0 Å². The molecule has 0 radical (unpaired) electrons. The molecule has 4 nitrogen and oxygen atoms in total. The van der Waals surface area contributed by atoms with Gasteiger partial charge in [-0.05, 0) is 37.1 Å². The summed E-state index contributed by atoms with van der Waals surface area (Å²) in [5, 5.41) is 16.7. The van der Waals surface area contributed by atoms with Crippen molar-refractivity contribution in [2.45, 2.75) is 26.5 Å². The van der Waals surface area contributed by atoms with Crippen LogP contribution in [0.5, 0.6) is 0 Å². The van der Waals surface area contributed by atoms with Crippen LogP contribution in [0, 0.1) is 13.8 Å². The maximum Gasteiger partial charge on any atom is 0.274 e. The zero-order valence-electron chi connectivity index (χ0n) is 16.0. The van der Waals surface area contributed by atoms with Crippen molar-refractivity contribution >= 4 is 10.8 Å². The third kappa shape index (κ3) is 3.35. The summed E-state index contributed by atoms with van der Waals surface area (Å²) in [6.45, 7) is 4.19. The Balaban J connectivity index is 1.90. The summed E-state index contributed by atoms with van der Waals surface area (Å²) >= 11 is 0. The van der Waals surface area contributed by atoms with Gasteiger partial charge in [-0.1, -0.05) is 66.2 Å². The third-order valence-electron chi connectivity index (χ3n) is 5.05. The third-order valence-corrected chi connectivity index (χ3v) is 5.05. The molecular formula is C24H22N2O2. The van der Waals surface area contributed by atoms with Gasteiger partial charge in [-0.2, -0.15) is 5.10 Å². The first-order chi connectivity index (χ1) is 13.5. The van der Waals surface area contributed by atoms with Crippen LogP contribution < -0.4 is 5.56 Å². The number of fused-ring (bicyclic) bond motifs is 1. The Morgan fingerprint density at radius 2 is 1.61 bits per heavy atom. The van der Waals surface area contributed by atoms with Crippen molar-refractivity contribution in [1.82, 2.24) is 9.78 Å². The van der Waals surface area contributed by atoms with Gasteiger partial charge in [0.15, 0.2) is 0 Å². The molecule has 0 aliphatic rings. The number of hydrogen-bond acceptors (Lipinski definition) is 3. The molecule has 1 unspecified atom stereocenters. The predicted molar refractivity (Wildman–Crippen MR) is 112 cm³/mol. The predicted octanol–water partition coefficient (Wildman–Crippen LogP) is 4.41. The standard InChI is InChI=1S/C24H22N2O2/c1-16-12-13-17(2)21(14-16)23-19-10-6-7-11-20(19)24(28)26(25-23)15-22(27)18-8-4-3-5-9-18/h3-14,22,27H,15H2,1-2H3. The summed E-state index contributed by atoms with van der Waals surface area (Å²) in [6, 6.07) is 23.1. The van der Waals surface area contributed by atoms with Crippen LogP contribution in [-0.2, 0) is 6.54 Å². The monoisotopic (exact) mass is 370 g/mol. The molecule has 0 amide bonds. The lowest BCUT2D eigenvalue weighted by Gasteiger charge is -2.16. The van der Waals surface area contributed by atoms with E-state index in [2.05, 4.69) is 23.3 Å². The van der Waals surface area contributed by atoms with Crippen LogP contribution in [0.1, 0.15) is 22.8 Å². The molecule has 28 heavy (non-hydrogen) atoms. The number of benzene rings is 3.